The highest BCUT2D eigenvalue weighted by molar-refractivity contribution is 6.28. The first-order valence-electron chi connectivity index (χ1n) is 17.0. The van der Waals surface area contributed by atoms with Crippen molar-refractivity contribution in [2.45, 2.75) is 0 Å². The number of rotatable bonds is 4. The molecule has 0 unspecified atom stereocenters. The van der Waals surface area contributed by atoms with Crippen LogP contribution in [0.5, 0.6) is 0 Å². The second kappa shape index (κ2) is 11.5. The molecule has 0 atom stereocenters. The van der Waals surface area contributed by atoms with Gasteiger partial charge in [-0.15, -0.1) is 0 Å². The standard InChI is InChI=1S/C47H29N3/c1-3-13-33(14-4-1)45-48-46(34-15-5-2-6-16-34)50-47(49-45)42-29-28-39(36-19-9-10-20-37(36)42)40-21-11-17-31-22-23-32-25-26-38-35-18-8-7-12-30(35)24-27-41(38)44(32)43(31)40/h1-29H. The highest BCUT2D eigenvalue weighted by Gasteiger charge is 2.18. The van der Waals surface area contributed by atoms with Crippen LogP contribution in [-0.2, 0) is 0 Å². The number of nitrogens with zero attached hydrogens (tertiary/aromatic N) is 3. The molecule has 1 aromatic heterocycles. The average Bonchev–Trinajstić information content (AvgIpc) is 3.20. The third-order valence-corrected chi connectivity index (χ3v) is 9.90. The molecule has 0 spiro atoms. The van der Waals surface area contributed by atoms with Crippen molar-refractivity contribution in [3.05, 3.63) is 176 Å². The summed E-state index contributed by atoms with van der Waals surface area (Å²) in [6.07, 6.45) is 0. The van der Waals surface area contributed by atoms with Crippen LogP contribution in [-0.4, -0.2) is 15.0 Å². The highest BCUT2D eigenvalue weighted by atomic mass is 15.0. The van der Waals surface area contributed by atoms with Crippen LogP contribution in [0.1, 0.15) is 0 Å². The first-order chi connectivity index (χ1) is 24.8. The monoisotopic (exact) mass is 635 g/mol. The van der Waals surface area contributed by atoms with Crippen molar-refractivity contribution in [3.8, 4) is 45.3 Å². The lowest BCUT2D eigenvalue weighted by Crippen LogP contribution is -2.00. The lowest BCUT2D eigenvalue weighted by Gasteiger charge is -2.16. The molecule has 0 N–H and O–H groups in total. The van der Waals surface area contributed by atoms with E-state index in [-0.39, 0.29) is 0 Å². The summed E-state index contributed by atoms with van der Waals surface area (Å²) in [6, 6.07) is 62.3. The lowest BCUT2D eigenvalue weighted by molar-refractivity contribution is 1.08. The van der Waals surface area contributed by atoms with Crippen LogP contribution in [0.4, 0.5) is 0 Å². The van der Waals surface area contributed by atoms with Crippen LogP contribution in [0.25, 0.3) is 99.2 Å². The number of hydrogen-bond donors (Lipinski definition) is 0. The van der Waals surface area contributed by atoms with Crippen LogP contribution in [0.15, 0.2) is 176 Å². The summed E-state index contributed by atoms with van der Waals surface area (Å²) < 4.78 is 0. The minimum Gasteiger partial charge on any atom is -0.208 e. The van der Waals surface area contributed by atoms with Gasteiger partial charge in [0.25, 0.3) is 0 Å². The van der Waals surface area contributed by atoms with Crippen molar-refractivity contribution >= 4 is 53.9 Å². The molecule has 9 aromatic carbocycles. The van der Waals surface area contributed by atoms with E-state index in [2.05, 4.69) is 115 Å². The molecule has 0 bridgehead atoms. The zero-order valence-electron chi connectivity index (χ0n) is 27.1. The molecule has 0 fully saturated rings. The largest absolute Gasteiger partial charge is 0.208 e. The van der Waals surface area contributed by atoms with E-state index < -0.39 is 0 Å². The van der Waals surface area contributed by atoms with E-state index in [0.717, 1.165) is 27.5 Å². The van der Waals surface area contributed by atoms with E-state index in [0.29, 0.717) is 17.5 Å². The maximum atomic E-state index is 5.08. The molecular formula is C47H29N3. The molecule has 0 aliphatic rings. The summed E-state index contributed by atoms with van der Waals surface area (Å²) in [5.74, 6) is 1.96. The molecule has 0 amide bonds. The van der Waals surface area contributed by atoms with Gasteiger partial charge >= 0.3 is 0 Å². The van der Waals surface area contributed by atoms with Crippen molar-refractivity contribution in [2.75, 3.05) is 0 Å². The number of fused-ring (bicyclic) bond motifs is 8. The van der Waals surface area contributed by atoms with Gasteiger partial charge in [0, 0.05) is 16.7 Å². The summed E-state index contributed by atoms with van der Waals surface area (Å²) >= 11 is 0. The molecule has 50 heavy (non-hydrogen) atoms. The quantitative estimate of drug-likeness (QED) is 0.181. The molecular weight excluding hydrogens is 607 g/mol. The second-order valence-corrected chi connectivity index (χ2v) is 12.8. The Morgan fingerprint density at radius 1 is 0.240 bits per heavy atom. The van der Waals surface area contributed by atoms with E-state index in [4.69, 9.17) is 15.0 Å². The first-order valence-corrected chi connectivity index (χ1v) is 17.0. The lowest BCUT2D eigenvalue weighted by atomic mass is 9.87. The summed E-state index contributed by atoms with van der Waals surface area (Å²) in [7, 11) is 0. The van der Waals surface area contributed by atoms with Crippen molar-refractivity contribution in [1.82, 2.24) is 15.0 Å². The molecule has 10 aromatic rings. The van der Waals surface area contributed by atoms with Gasteiger partial charge in [-0.3, -0.25) is 0 Å². The minimum absolute atomic E-state index is 0.654. The molecule has 3 heteroatoms. The molecule has 1 heterocycles. The second-order valence-electron chi connectivity index (χ2n) is 12.8. The SMILES string of the molecule is c1ccc(-c2nc(-c3ccccc3)nc(-c3ccc(-c4cccc5ccc6ccc7c8ccccc8ccc7c6c45)c4ccccc34)n2)cc1. The predicted molar refractivity (Wildman–Crippen MR) is 209 cm³/mol. The van der Waals surface area contributed by atoms with Gasteiger partial charge in [0.05, 0.1) is 0 Å². The topological polar surface area (TPSA) is 38.7 Å². The zero-order valence-corrected chi connectivity index (χ0v) is 27.1. The highest BCUT2D eigenvalue weighted by Crippen LogP contribution is 2.43. The van der Waals surface area contributed by atoms with Gasteiger partial charge in [-0.1, -0.05) is 170 Å². The summed E-state index contributed by atoms with van der Waals surface area (Å²) in [4.78, 5) is 15.1. The summed E-state index contributed by atoms with van der Waals surface area (Å²) in [6.45, 7) is 0. The molecule has 3 nitrogen and oxygen atoms in total. The first kappa shape index (κ1) is 28.3. The number of aromatic nitrogens is 3. The number of benzene rings is 9. The Hall–Kier alpha value is -6.71. The predicted octanol–water partition coefficient (Wildman–Crippen LogP) is 12.3. The Labute approximate surface area is 289 Å². The van der Waals surface area contributed by atoms with E-state index in [1.807, 2.05) is 60.7 Å². The Bertz CT molecular complexity index is 2860. The van der Waals surface area contributed by atoms with Gasteiger partial charge in [-0.2, -0.15) is 0 Å². The molecule has 0 saturated carbocycles. The molecule has 232 valence electrons. The summed E-state index contributed by atoms with van der Waals surface area (Å²) in [5.41, 5.74) is 5.28. The minimum atomic E-state index is 0.654. The van der Waals surface area contributed by atoms with Gasteiger partial charge in [0.2, 0.25) is 0 Å². The normalized spacial score (nSPS) is 11.6. The maximum Gasteiger partial charge on any atom is 0.164 e. The van der Waals surface area contributed by atoms with E-state index in [9.17, 15) is 0 Å². The molecule has 10 rings (SSSR count). The third kappa shape index (κ3) is 4.56. The third-order valence-electron chi connectivity index (χ3n) is 9.90. The Kier molecular flexibility index (Phi) is 6.49. The van der Waals surface area contributed by atoms with Crippen LogP contribution < -0.4 is 0 Å². The van der Waals surface area contributed by atoms with Gasteiger partial charge in [0.1, 0.15) is 0 Å². The fraction of sp³-hybridized carbons (Fsp3) is 0. The van der Waals surface area contributed by atoms with Crippen molar-refractivity contribution in [3.63, 3.8) is 0 Å². The van der Waals surface area contributed by atoms with Crippen LogP contribution in [0.2, 0.25) is 0 Å². The fourth-order valence-electron chi connectivity index (χ4n) is 7.57. The van der Waals surface area contributed by atoms with Crippen molar-refractivity contribution in [2.24, 2.45) is 0 Å². The average molecular weight is 636 g/mol. The van der Waals surface area contributed by atoms with Gasteiger partial charge < -0.3 is 0 Å². The van der Waals surface area contributed by atoms with Gasteiger partial charge in [0.15, 0.2) is 17.5 Å². The summed E-state index contributed by atoms with van der Waals surface area (Å²) in [5, 5.41) is 12.3. The van der Waals surface area contributed by atoms with E-state index >= 15 is 0 Å². The maximum absolute atomic E-state index is 5.08. The Morgan fingerprint density at radius 3 is 1.46 bits per heavy atom. The zero-order chi connectivity index (χ0) is 33.0. The Morgan fingerprint density at radius 2 is 0.740 bits per heavy atom. The smallest absolute Gasteiger partial charge is 0.164 e. The van der Waals surface area contributed by atoms with Gasteiger partial charge in [-0.25, -0.2) is 15.0 Å². The van der Waals surface area contributed by atoms with Crippen LogP contribution in [0, 0.1) is 0 Å². The van der Waals surface area contributed by atoms with Crippen LogP contribution >= 0.6 is 0 Å². The molecule has 0 aliphatic heterocycles. The van der Waals surface area contributed by atoms with Crippen molar-refractivity contribution in [1.29, 1.82) is 0 Å². The van der Waals surface area contributed by atoms with Crippen LogP contribution in [0.3, 0.4) is 0 Å². The van der Waals surface area contributed by atoms with Crippen molar-refractivity contribution < 1.29 is 0 Å². The molecule has 0 radical (unpaired) electrons. The van der Waals surface area contributed by atoms with E-state index in [1.165, 1.54) is 54.2 Å². The Balaban J connectivity index is 1.24. The fourth-order valence-corrected chi connectivity index (χ4v) is 7.57. The van der Waals surface area contributed by atoms with E-state index in [1.54, 1.807) is 0 Å². The molecule has 0 aliphatic carbocycles. The molecule has 0 saturated heterocycles. The number of hydrogen-bond acceptors (Lipinski definition) is 3. The van der Waals surface area contributed by atoms with Gasteiger partial charge in [-0.05, 0) is 71.1 Å².